The smallest absolute Gasteiger partial charge is 0.462 e. The van der Waals surface area contributed by atoms with Gasteiger partial charge in [-0.15, -0.1) is 0 Å². The molecule has 572 valence electrons. The number of hydrogen-bond acceptors (Lipinski definition) is 15. The second-order valence-electron chi connectivity index (χ2n) is 25.1. The highest BCUT2D eigenvalue weighted by molar-refractivity contribution is 7.47. The summed E-state index contributed by atoms with van der Waals surface area (Å²) < 4.78 is 68.4. The normalized spacial score (nSPS) is 14.7. The van der Waals surface area contributed by atoms with Crippen LogP contribution in [0.15, 0.2) is 134 Å². The average Bonchev–Trinajstić information content (AvgIpc) is 0.932. The molecule has 5 unspecified atom stereocenters. The van der Waals surface area contributed by atoms with Crippen LogP contribution in [-0.2, 0) is 65.4 Å². The van der Waals surface area contributed by atoms with Crippen LogP contribution < -0.4 is 0 Å². The van der Waals surface area contributed by atoms with Gasteiger partial charge in [0.25, 0.3) is 0 Å². The van der Waals surface area contributed by atoms with Crippen molar-refractivity contribution in [1.82, 2.24) is 0 Å². The molecule has 0 heterocycles. The summed E-state index contributed by atoms with van der Waals surface area (Å²) in [7, 11) is -9.98. The van der Waals surface area contributed by atoms with Crippen molar-refractivity contribution in [2.75, 3.05) is 39.6 Å². The number of ether oxygens (including phenoxy) is 4. The monoisotopic (exact) mass is 1440 g/mol. The molecule has 5 atom stereocenters. The minimum atomic E-state index is -4.99. The molecule has 0 fully saturated rings. The Morgan fingerprint density at radius 2 is 0.520 bits per heavy atom. The van der Waals surface area contributed by atoms with Gasteiger partial charge in [0.15, 0.2) is 12.2 Å². The summed E-state index contributed by atoms with van der Waals surface area (Å²) in [6, 6.07) is 0. The SMILES string of the molecule is CC/C=C\C/C=C\C/C=C\C/C=C\CCCCC(=O)OC(COC(=O)CCCCCCCCC/C=C\C/C=C\C/C=C\CC)COP(=O)(O)OCC(O)COP(=O)(O)OCC(COC(=O)CCCCCCC/C=C\C/C=C\C/C=C\CC)OC(=O)CCCCCCC/C=C\CCCCCC. The Balaban J connectivity index is 5.41. The van der Waals surface area contributed by atoms with Crippen LogP contribution in [0, 0.1) is 0 Å². The lowest BCUT2D eigenvalue weighted by atomic mass is 10.1. The highest BCUT2D eigenvalue weighted by Gasteiger charge is 2.30. The zero-order chi connectivity index (χ0) is 73.2. The maximum atomic E-state index is 13.1. The highest BCUT2D eigenvalue weighted by Crippen LogP contribution is 2.45. The Morgan fingerprint density at radius 1 is 0.290 bits per heavy atom. The quantitative estimate of drug-likeness (QED) is 0.0169. The van der Waals surface area contributed by atoms with Gasteiger partial charge >= 0.3 is 39.5 Å². The van der Waals surface area contributed by atoms with Gasteiger partial charge in [0.2, 0.25) is 0 Å². The number of esters is 4. The van der Waals surface area contributed by atoms with Gasteiger partial charge in [-0.25, -0.2) is 9.13 Å². The number of hydrogen-bond donors (Lipinski definition) is 3. The molecule has 0 aromatic heterocycles. The maximum absolute atomic E-state index is 13.1. The van der Waals surface area contributed by atoms with Crippen LogP contribution in [0.5, 0.6) is 0 Å². The van der Waals surface area contributed by atoms with E-state index >= 15 is 0 Å². The molecule has 19 heteroatoms. The molecule has 0 rings (SSSR count). The Morgan fingerprint density at radius 3 is 0.830 bits per heavy atom. The Hall–Kier alpha value is -4.80. The van der Waals surface area contributed by atoms with Gasteiger partial charge in [0.05, 0.1) is 26.4 Å². The number of carbonyl (C=O) groups is 4. The number of unbranched alkanes of at least 4 members (excludes halogenated alkanes) is 23. The molecule has 0 saturated heterocycles. The fourth-order valence-electron chi connectivity index (χ4n) is 9.82. The Bertz CT molecular complexity index is 2420. The first-order valence-corrected chi connectivity index (χ1v) is 41.4. The molecule has 0 amide bonds. The predicted octanol–water partition coefficient (Wildman–Crippen LogP) is 22.1. The van der Waals surface area contributed by atoms with Crippen molar-refractivity contribution in [2.45, 2.75) is 316 Å². The molecule has 0 spiro atoms. The maximum Gasteiger partial charge on any atom is 0.472 e. The van der Waals surface area contributed by atoms with E-state index in [4.69, 9.17) is 37.0 Å². The summed E-state index contributed by atoms with van der Waals surface area (Å²) in [5.74, 6) is -2.26. The molecule has 0 aliphatic heterocycles. The summed E-state index contributed by atoms with van der Waals surface area (Å²) >= 11 is 0. The van der Waals surface area contributed by atoms with Gasteiger partial charge in [-0.05, 0) is 154 Å². The number of allylic oxidation sites excluding steroid dienone is 22. The third kappa shape index (κ3) is 71.6. The summed E-state index contributed by atoms with van der Waals surface area (Å²) in [5.41, 5.74) is 0. The van der Waals surface area contributed by atoms with Crippen molar-refractivity contribution in [3.05, 3.63) is 134 Å². The molecule has 17 nitrogen and oxygen atoms in total. The molecule has 0 aliphatic carbocycles. The third-order valence-electron chi connectivity index (χ3n) is 15.6. The van der Waals surface area contributed by atoms with E-state index in [0.717, 1.165) is 186 Å². The lowest BCUT2D eigenvalue weighted by Crippen LogP contribution is -2.30. The third-order valence-corrected chi connectivity index (χ3v) is 17.5. The van der Waals surface area contributed by atoms with Crippen molar-refractivity contribution in [1.29, 1.82) is 0 Å². The molecule has 3 N–H and O–H groups in total. The van der Waals surface area contributed by atoms with Crippen molar-refractivity contribution in [3.8, 4) is 0 Å². The summed E-state index contributed by atoms with van der Waals surface area (Å²) in [5, 5.41) is 10.6. The molecule has 0 radical (unpaired) electrons. The van der Waals surface area contributed by atoms with Crippen LogP contribution in [0.1, 0.15) is 297 Å². The number of rotatable bonds is 71. The zero-order valence-corrected chi connectivity index (χ0v) is 64.1. The molecule has 0 aromatic carbocycles. The van der Waals surface area contributed by atoms with Gasteiger partial charge in [-0.1, -0.05) is 251 Å². The van der Waals surface area contributed by atoms with Gasteiger partial charge < -0.3 is 33.8 Å². The van der Waals surface area contributed by atoms with Crippen LogP contribution in [0.3, 0.4) is 0 Å². The standard InChI is InChI=1S/C81H136O17P2/c1-5-9-13-17-21-25-29-33-36-37-40-43-46-50-54-58-62-66-79(84)92-72-77(98-81(86)68-64-60-56-52-48-44-39-35-31-27-23-19-15-11-7-3)74-96-100(89,90)94-70-75(82)69-93-99(87,88)95-73-76(97-80(85)67-63-59-55-51-47-41-32-28-24-20-16-12-8-4)71-91-78(83)65-61-57-53-49-45-42-38-34-30-26-22-18-14-10-6-2/h9-11,13-15,21-23,25-28,32-36,38-39,48,52,75-77,82H,5-8,12,16-20,24,29-31,37,40-47,49-51,53-74H2,1-4H3,(H,87,88)(H,89,90)/b13-9-,14-10-,15-11-,25-21-,26-22-,27-23-,32-28-,36-33-,38-34-,39-35-,52-48-. The van der Waals surface area contributed by atoms with Crippen molar-refractivity contribution >= 4 is 39.5 Å². The van der Waals surface area contributed by atoms with Gasteiger partial charge in [-0.2, -0.15) is 0 Å². The van der Waals surface area contributed by atoms with E-state index in [2.05, 4.69) is 161 Å². The molecular weight excluding hydrogens is 1310 g/mol. The number of phosphoric ester groups is 2. The number of phosphoric acid groups is 2. The van der Waals surface area contributed by atoms with Crippen molar-refractivity contribution in [2.24, 2.45) is 0 Å². The van der Waals surface area contributed by atoms with E-state index < -0.39 is 97.5 Å². The molecule has 0 aromatic rings. The van der Waals surface area contributed by atoms with Gasteiger partial charge in [0, 0.05) is 25.7 Å². The van der Waals surface area contributed by atoms with Gasteiger partial charge in [-0.3, -0.25) is 37.3 Å². The summed E-state index contributed by atoms with van der Waals surface area (Å²) in [6.45, 7) is 4.43. The summed E-state index contributed by atoms with van der Waals surface area (Å²) in [4.78, 5) is 72.9. The van der Waals surface area contributed by atoms with Crippen LogP contribution in [0.4, 0.5) is 0 Å². The van der Waals surface area contributed by atoms with Crippen LogP contribution in [-0.4, -0.2) is 96.7 Å². The van der Waals surface area contributed by atoms with E-state index in [1.807, 2.05) is 0 Å². The number of carbonyl (C=O) groups excluding carboxylic acids is 4. The largest absolute Gasteiger partial charge is 0.472 e. The second-order valence-corrected chi connectivity index (χ2v) is 28.1. The molecule has 0 bridgehead atoms. The van der Waals surface area contributed by atoms with E-state index in [1.165, 1.54) is 25.7 Å². The minimum absolute atomic E-state index is 0.0370. The first-order chi connectivity index (χ1) is 48.7. The van der Waals surface area contributed by atoms with Crippen LogP contribution in [0.2, 0.25) is 0 Å². The fourth-order valence-corrected chi connectivity index (χ4v) is 11.4. The highest BCUT2D eigenvalue weighted by atomic mass is 31.2. The second kappa shape index (κ2) is 72.5. The van der Waals surface area contributed by atoms with E-state index in [0.29, 0.717) is 32.1 Å². The summed E-state index contributed by atoms with van der Waals surface area (Å²) in [6.07, 6.45) is 80.1. The van der Waals surface area contributed by atoms with E-state index in [9.17, 15) is 43.2 Å². The topological polar surface area (TPSA) is 237 Å². The van der Waals surface area contributed by atoms with Crippen LogP contribution >= 0.6 is 15.6 Å². The van der Waals surface area contributed by atoms with Gasteiger partial charge in [0.1, 0.15) is 19.3 Å². The fraction of sp³-hybridized carbons (Fsp3) is 0.679. The first-order valence-electron chi connectivity index (χ1n) is 38.4. The average molecular weight is 1440 g/mol. The molecule has 0 aliphatic rings. The lowest BCUT2D eigenvalue weighted by Gasteiger charge is -2.21. The van der Waals surface area contributed by atoms with Crippen molar-refractivity contribution in [3.63, 3.8) is 0 Å². The Labute approximate surface area is 605 Å². The number of aliphatic hydroxyl groups excluding tert-OH is 1. The Kier molecular flexibility index (Phi) is 69.1. The molecule has 100 heavy (non-hydrogen) atoms. The zero-order valence-electron chi connectivity index (χ0n) is 62.3. The number of aliphatic hydroxyl groups is 1. The first kappa shape index (κ1) is 95.2. The van der Waals surface area contributed by atoms with Crippen LogP contribution in [0.25, 0.3) is 0 Å². The van der Waals surface area contributed by atoms with Crippen molar-refractivity contribution < 1.29 is 80.2 Å². The van der Waals surface area contributed by atoms with E-state index in [1.54, 1.807) is 0 Å². The minimum Gasteiger partial charge on any atom is -0.462 e. The lowest BCUT2D eigenvalue weighted by molar-refractivity contribution is -0.161. The van der Waals surface area contributed by atoms with E-state index in [-0.39, 0.29) is 25.7 Å². The molecule has 0 saturated carbocycles. The predicted molar refractivity (Wildman–Crippen MR) is 408 cm³/mol. The molecular formula is C81H136O17P2.